The third-order valence-corrected chi connectivity index (χ3v) is 5.79. The molecule has 2 heterocycles. The summed E-state index contributed by atoms with van der Waals surface area (Å²) in [6, 6.07) is 16.0. The predicted octanol–water partition coefficient (Wildman–Crippen LogP) is 5.62. The van der Waals surface area contributed by atoms with Crippen LogP contribution in [0.5, 0.6) is 5.88 Å². The van der Waals surface area contributed by atoms with Gasteiger partial charge in [-0.1, -0.05) is 29.8 Å². The van der Waals surface area contributed by atoms with Crippen molar-refractivity contribution in [1.82, 2.24) is 14.8 Å². The summed E-state index contributed by atoms with van der Waals surface area (Å²) >= 11 is 0. The molecule has 4 aromatic rings. The van der Waals surface area contributed by atoms with Crippen LogP contribution in [0, 0.1) is 27.7 Å². The molecule has 170 valence electrons. The van der Waals surface area contributed by atoms with Crippen LogP contribution < -0.4 is 10.1 Å². The number of rotatable bonds is 7. The average Bonchev–Trinajstić information content (AvgIpc) is 3.10. The Labute approximate surface area is 194 Å². The number of ether oxygens (including phenoxy) is 1. The van der Waals surface area contributed by atoms with Gasteiger partial charge < -0.3 is 10.1 Å². The lowest BCUT2D eigenvalue weighted by Gasteiger charge is -2.14. The van der Waals surface area contributed by atoms with Crippen molar-refractivity contribution in [1.29, 1.82) is 0 Å². The average molecular weight is 443 g/mol. The van der Waals surface area contributed by atoms with Crippen molar-refractivity contribution in [2.75, 3.05) is 11.9 Å². The van der Waals surface area contributed by atoms with Crippen LogP contribution in [0.3, 0.4) is 0 Å². The van der Waals surface area contributed by atoms with E-state index in [-0.39, 0.29) is 5.91 Å². The Morgan fingerprint density at radius 1 is 1.03 bits per heavy atom. The molecule has 0 aliphatic heterocycles. The second-order valence-electron chi connectivity index (χ2n) is 8.40. The topological polar surface area (TPSA) is 69.0 Å². The third-order valence-electron chi connectivity index (χ3n) is 5.79. The molecule has 2 aromatic heterocycles. The van der Waals surface area contributed by atoms with Crippen molar-refractivity contribution in [2.24, 2.45) is 0 Å². The first-order valence-electron chi connectivity index (χ1n) is 11.3. The number of fused-ring (bicyclic) bond motifs is 1. The smallest absolute Gasteiger partial charge is 0.224 e. The maximum absolute atomic E-state index is 12.6. The van der Waals surface area contributed by atoms with E-state index >= 15 is 0 Å². The molecular weight excluding hydrogens is 412 g/mol. The zero-order chi connectivity index (χ0) is 23.5. The van der Waals surface area contributed by atoms with Crippen LogP contribution >= 0.6 is 0 Å². The van der Waals surface area contributed by atoms with Crippen molar-refractivity contribution < 1.29 is 9.53 Å². The minimum atomic E-state index is -0.0328. The number of pyridine rings is 1. The molecule has 6 nitrogen and oxygen atoms in total. The summed E-state index contributed by atoms with van der Waals surface area (Å²) in [5, 5.41) is 8.76. The molecule has 0 fully saturated rings. The summed E-state index contributed by atoms with van der Waals surface area (Å²) in [4.78, 5) is 17.5. The summed E-state index contributed by atoms with van der Waals surface area (Å²) in [7, 11) is 0. The molecule has 4 rings (SSSR count). The summed E-state index contributed by atoms with van der Waals surface area (Å²) in [6.07, 6.45) is 0.879. The molecule has 0 aliphatic carbocycles. The van der Waals surface area contributed by atoms with Gasteiger partial charge in [-0.15, -0.1) is 0 Å². The number of aromatic nitrogens is 3. The Morgan fingerprint density at radius 2 is 1.79 bits per heavy atom. The number of nitrogens with zero attached hydrogens (tertiary/aromatic N) is 3. The van der Waals surface area contributed by atoms with Gasteiger partial charge in [0.15, 0.2) is 5.65 Å². The van der Waals surface area contributed by atoms with Crippen LogP contribution in [0.2, 0.25) is 0 Å². The molecule has 0 spiro atoms. The number of amides is 1. The van der Waals surface area contributed by atoms with Crippen LogP contribution in [0.25, 0.3) is 16.7 Å². The Bertz CT molecular complexity index is 1310. The maximum Gasteiger partial charge on any atom is 0.224 e. The lowest BCUT2D eigenvalue weighted by molar-refractivity contribution is -0.116. The van der Waals surface area contributed by atoms with E-state index in [9.17, 15) is 4.79 Å². The molecular formula is C27H30N4O2. The number of carbonyl (C=O) groups excluding carboxylic acids is 1. The molecule has 1 amide bonds. The molecule has 6 heteroatoms. The molecule has 0 unspecified atom stereocenters. The number of benzene rings is 2. The summed E-state index contributed by atoms with van der Waals surface area (Å²) in [5.74, 6) is 0.536. The van der Waals surface area contributed by atoms with Gasteiger partial charge in [0.05, 0.1) is 18.0 Å². The van der Waals surface area contributed by atoms with Crippen molar-refractivity contribution >= 4 is 22.6 Å². The van der Waals surface area contributed by atoms with Gasteiger partial charge in [0.25, 0.3) is 0 Å². The van der Waals surface area contributed by atoms with Gasteiger partial charge in [-0.25, -0.2) is 4.68 Å². The molecule has 2 aromatic carbocycles. The van der Waals surface area contributed by atoms with Gasteiger partial charge >= 0.3 is 0 Å². The van der Waals surface area contributed by atoms with Gasteiger partial charge in [0.2, 0.25) is 11.8 Å². The minimum absolute atomic E-state index is 0.0328. The highest BCUT2D eigenvalue weighted by atomic mass is 16.5. The van der Waals surface area contributed by atoms with Crippen LogP contribution in [-0.4, -0.2) is 27.3 Å². The zero-order valence-electron chi connectivity index (χ0n) is 19.9. The molecule has 1 N–H and O–H groups in total. The first kappa shape index (κ1) is 22.5. The normalized spacial score (nSPS) is 11.1. The quantitative estimate of drug-likeness (QED) is 0.403. The lowest BCUT2D eigenvalue weighted by Crippen LogP contribution is -2.13. The first-order chi connectivity index (χ1) is 15.9. The maximum atomic E-state index is 12.6. The highest BCUT2D eigenvalue weighted by Crippen LogP contribution is 2.32. The number of carbonyl (C=O) groups is 1. The summed E-state index contributed by atoms with van der Waals surface area (Å²) in [6.45, 7) is 10.6. The van der Waals surface area contributed by atoms with E-state index < -0.39 is 0 Å². The van der Waals surface area contributed by atoms with E-state index in [0.717, 1.165) is 44.8 Å². The van der Waals surface area contributed by atoms with Gasteiger partial charge in [-0.05, 0) is 76.4 Å². The Kier molecular flexibility index (Phi) is 6.45. The highest BCUT2D eigenvalue weighted by molar-refractivity contribution is 5.91. The van der Waals surface area contributed by atoms with Crippen molar-refractivity contribution in [2.45, 2.75) is 47.5 Å². The van der Waals surface area contributed by atoms with Gasteiger partial charge in [-0.2, -0.15) is 10.1 Å². The van der Waals surface area contributed by atoms with E-state index in [1.807, 2.05) is 61.9 Å². The Morgan fingerprint density at radius 3 is 2.48 bits per heavy atom. The second-order valence-corrected chi connectivity index (χ2v) is 8.40. The molecule has 0 saturated carbocycles. The van der Waals surface area contributed by atoms with E-state index in [4.69, 9.17) is 14.8 Å². The van der Waals surface area contributed by atoms with E-state index in [2.05, 4.69) is 31.3 Å². The Hall–Kier alpha value is -3.67. The van der Waals surface area contributed by atoms with Crippen molar-refractivity contribution in [3.8, 4) is 11.6 Å². The molecule has 0 bridgehead atoms. The lowest BCUT2D eigenvalue weighted by atomic mass is 10.0. The number of nitrogens with one attached hydrogen (secondary N) is 1. The SMILES string of the molecule is CCOc1nc2c(c(C)nn2-c2ccc(C)cc2)c(C)c1CCC(=O)Nc1cccc(C)c1. The standard InChI is InChI=1S/C27H30N4O2/c1-6-33-27-23(14-15-24(32)28-21-9-7-8-18(3)16-21)19(4)25-20(5)30-31(26(25)29-27)22-12-10-17(2)11-13-22/h7-13,16H,6,14-15H2,1-5H3,(H,28,32). The van der Waals surface area contributed by atoms with E-state index in [1.54, 1.807) is 0 Å². The largest absolute Gasteiger partial charge is 0.478 e. The van der Waals surface area contributed by atoms with Gasteiger partial charge in [-0.3, -0.25) is 4.79 Å². The number of hydrogen-bond donors (Lipinski definition) is 1. The first-order valence-corrected chi connectivity index (χ1v) is 11.3. The van der Waals surface area contributed by atoms with Gasteiger partial charge in [0.1, 0.15) is 0 Å². The second kappa shape index (κ2) is 9.45. The fraction of sp³-hybridized carbons (Fsp3) is 0.296. The number of aryl methyl sites for hydroxylation is 4. The predicted molar refractivity (Wildman–Crippen MR) is 132 cm³/mol. The third kappa shape index (κ3) is 4.75. The molecule has 0 saturated heterocycles. The fourth-order valence-corrected chi connectivity index (χ4v) is 4.13. The van der Waals surface area contributed by atoms with Crippen LogP contribution in [0.4, 0.5) is 5.69 Å². The Balaban J connectivity index is 1.67. The van der Waals surface area contributed by atoms with E-state index in [1.165, 1.54) is 5.56 Å². The number of anilines is 1. The van der Waals surface area contributed by atoms with Crippen LogP contribution in [-0.2, 0) is 11.2 Å². The van der Waals surface area contributed by atoms with E-state index in [0.29, 0.717) is 25.3 Å². The minimum Gasteiger partial charge on any atom is -0.478 e. The van der Waals surface area contributed by atoms with Crippen molar-refractivity contribution in [3.05, 3.63) is 76.5 Å². The molecule has 0 atom stereocenters. The summed E-state index contributed by atoms with van der Waals surface area (Å²) in [5.41, 5.74) is 7.76. The monoisotopic (exact) mass is 442 g/mol. The summed E-state index contributed by atoms with van der Waals surface area (Å²) < 4.78 is 7.80. The molecule has 0 radical (unpaired) electrons. The zero-order valence-corrected chi connectivity index (χ0v) is 19.9. The van der Waals surface area contributed by atoms with Crippen molar-refractivity contribution in [3.63, 3.8) is 0 Å². The highest BCUT2D eigenvalue weighted by Gasteiger charge is 2.20. The van der Waals surface area contributed by atoms with Gasteiger partial charge in [0, 0.05) is 23.1 Å². The van der Waals surface area contributed by atoms with Crippen LogP contribution in [0.15, 0.2) is 48.5 Å². The van der Waals surface area contributed by atoms with Crippen LogP contribution in [0.1, 0.15) is 41.3 Å². The fourth-order valence-electron chi connectivity index (χ4n) is 4.13. The molecule has 0 aliphatic rings. The number of hydrogen-bond acceptors (Lipinski definition) is 4. The molecule has 33 heavy (non-hydrogen) atoms.